The Kier molecular flexibility index (Phi) is 5.32. The first-order valence-electron chi connectivity index (χ1n) is 10.0. The Hall–Kier alpha value is -2.08. The van der Waals surface area contributed by atoms with Crippen molar-refractivity contribution in [1.29, 1.82) is 0 Å². The lowest BCUT2D eigenvalue weighted by molar-refractivity contribution is -0.147. The van der Waals surface area contributed by atoms with Crippen LogP contribution in [-0.2, 0) is 20.8 Å². The van der Waals surface area contributed by atoms with Gasteiger partial charge in [0, 0.05) is 10.4 Å². The molecule has 28 heavy (non-hydrogen) atoms. The van der Waals surface area contributed by atoms with Crippen LogP contribution in [0.5, 0.6) is 0 Å². The summed E-state index contributed by atoms with van der Waals surface area (Å²) in [6.07, 6.45) is 6.84. The van der Waals surface area contributed by atoms with Gasteiger partial charge in [-0.15, -0.1) is 0 Å². The molecule has 0 heterocycles. The standard InChI is InChI=1S/C21H26ClN3O3/c22-17-3-1-13(2-4-17)8-18(26)24-25-19(27)12-23-20(28)21-9-14-5-15(10-21)7-16(6-14)11-21/h1-4,14-16H,5-12H2,(H,23,28)(H,24,26)(H,25,27). The number of hydrogen-bond acceptors (Lipinski definition) is 3. The fourth-order valence-electron chi connectivity index (χ4n) is 5.75. The maximum atomic E-state index is 12.8. The molecule has 1 aromatic carbocycles. The second-order valence-corrected chi connectivity index (χ2v) is 9.22. The highest BCUT2D eigenvalue weighted by Gasteiger charge is 2.54. The molecular formula is C21H26ClN3O3. The van der Waals surface area contributed by atoms with Crippen LogP contribution < -0.4 is 16.2 Å². The van der Waals surface area contributed by atoms with Gasteiger partial charge < -0.3 is 5.32 Å². The summed E-state index contributed by atoms with van der Waals surface area (Å²) in [5.74, 6) is 1.29. The number of rotatable bonds is 5. The Morgan fingerprint density at radius 3 is 2.00 bits per heavy atom. The van der Waals surface area contributed by atoms with Crippen molar-refractivity contribution < 1.29 is 14.4 Å². The first-order valence-corrected chi connectivity index (χ1v) is 10.4. The maximum absolute atomic E-state index is 12.8. The van der Waals surface area contributed by atoms with E-state index in [0.29, 0.717) is 22.8 Å². The van der Waals surface area contributed by atoms with Crippen LogP contribution in [0.3, 0.4) is 0 Å². The lowest BCUT2D eigenvalue weighted by atomic mass is 9.49. The summed E-state index contributed by atoms with van der Waals surface area (Å²) in [6, 6.07) is 6.94. The first-order chi connectivity index (χ1) is 13.4. The lowest BCUT2D eigenvalue weighted by Crippen LogP contribution is -2.55. The number of hydrazine groups is 1. The van der Waals surface area contributed by atoms with Gasteiger partial charge in [0.05, 0.1) is 13.0 Å². The van der Waals surface area contributed by atoms with Crippen LogP contribution in [0.1, 0.15) is 44.1 Å². The number of carbonyl (C=O) groups is 3. The summed E-state index contributed by atoms with van der Waals surface area (Å²) in [6.45, 7) is -0.123. The summed E-state index contributed by atoms with van der Waals surface area (Å²) in [5, 5.41) is 3.41. The molecule has 4 aliphatic rings. The van der Waals surface area contributed by atoms with E-state index in [-0.39, 0.29) is 30.2 Å². The van der Waals surface area contributed by atoms with E-state index < -0.39 is 5.91 Å². The van der Waals surface area contributed by atoms with E-state index in [9.17, 15) is 14.4 Å². The Morgan fingerprint density at radius 1 is 0.893 bits per heavy atom. The molecule has 4 bridgehead atoms. The van der Waals surface area contributed by atoms with E-state index in [0.717, 1.165) is 24.8 Å². The fourth-order valence-corrected chi connectivity index (χ4v) is 5.88. The maximum Gasteiger partial charge on any atom is 0.257 e. The van der Waals surface area contributed by atoms with Crippen LogP contribution in [0.2, 0.25) is 5.02 Å². The van der Waals surface area contributed by atoms with Crippen molar-refractivity contribution in [2.45, 2.75) is 44.9 Å². The quantitative estimate of drug-likeness (QED) is 0.659. The van der Waals surface area contributed by atoms with Gasteiger partial charge in [-0.05, 0) is 74.0 Å². The first kappa shape index (κ1) is 19.2. The number of halogens is 1. The van der Waals surface area contributed by atoms with E-state index >= 15 is 0 Å². The van der Waals surface area contributed by atoms with Gasteiger partial charge in [0.1, 0.15) is 0 Å². The topological polar surface area (TPSA) is 87.3 Å². The summed E-state index contributed by atoms with van der Waals surface area (Å²) >= 11 is 5.82. The predicted octanol–water partition coefficient (Wildman–Crippen LogP) is 2.36. The summed E-state index contributed by atoms with van der Waals surface area (Å²) in [7, 11) is 0. The molecule has 0 atom stereocenters. The summed E-state index contributed by atoms with van der Waals surface area (Å²) in [5.41, 5.74) is 5.27. The normalized spacial score (nSPS) is 30.0. The van der Waals surface area contributed by atoms with Gasteiger partial charge in [-0.25, -0.2) is 0 Å². The monoisotopic (exact) mass is 403 g/mol. The SMILES string of the molecule is O=C(CNC(=O)C12CC3CC(CC(C3)C1)C2)NNC(=O)Cc1ccc(Cl)cc1. The highest BCUT2D eigenvalue weighted by molar-refractivity contribution is 6.30. The molecule has 0 saturated heterocycles. The van der Waals surface area contributed by atoms with E-state index in [1.54, 1.807) is 24.3 Å². The van der Waals surface area contributed by atoms with Crippen LogP contribution in [0.4, 0.5) is 0 Å². The third-order valence-corrected chi connectivity index (χ3v) is 6.80. The number of benzene rings is 1. The summed E-state index contributed by atoms with van der Waals surface area (Å²) < 4.78 is 0. The number of hydrogen-bond donors (Lipinski definition) is 3. The molecule has 6 nitrogen and oxygen atoms in total. The second-order valence-electron chi connectivity index (χ2n) is 8.78. The van der Waals surface area contributed by atoms with E-state index in [1.165, 1.54) is 19.3 Å². The molecule has 5 rings (SSSR count). The molecule has 3 N–H and O–H groups in total. The number of amides is 3. The second kappa shape index (κ2) is 7.74. The van der Waals surface area contributed by atoms with Crippen molar-refractivity contribution in [3.63, 3.8) is 0 Å². The van der Waals surface area contributed by atoms with Gasteiger partial charge in [0.25, 0.3) is 5.91 Å². The van der Waals surface area contributed by atoms with E-state index in [2.05, 4.69) is 16.2 Å². The van der Waals surface area contributed by atoms with Gasteiger partial charge in [0.15, 0.2) is 0 Å². The van der Waals surface area contributed by atoms with Crippen LogP contribution in [0.15, 0.2) is 24.3 Å². The molecular weight excluding hydrogens is 378 g/mol. The van der Waals surface area contributed by atoms with Gasteiger partial charge >= 0.3 is 0 Å². The molecule has 1 aromatic rings. The van der Waals surface area contributed by atoms with Crippen LogP contribution in [0, 0.1) is 23.2 Å². The van der Waals surface area contributed by atoms with Crippen LogP contribution in [-0.4, -0.2) is 24.3 Å². The molecule has 4 saturated carbocycles. The van der Waals surface area contributed by atoms with Crippen molar-refractivity contribution in [3.05, 3.63) is 34.9 Å². The highest BCUT2D eigenvalue weighted by Crippen LogP contribution is 2.60. The van der Waals surface area contributed by atoms with Gasteiger partial charge in [-0.2, -0.15) is 0 Å². The average molecular weight is 404 g/mol. The van der Waals surface area contributed by atoms with Crippen molar-refractivity contribution in [3.8, 4) is 0 Å². The Morgan fingerprint density at radius 2 is 1.43 bits per heavy atom. The smallest absolute Gasteiger partial charge is 0.257 e. The fraction of sp³-hybridized carbons (Fsp3) is 0.571. The molecule has 7 heteroatoms. The summed E-state index contributed by atoms with van der Waals surface area (Å²) in [4.78, 5) is 36.8. The highest BCUT2D eigenvalue weighted by atomic mass is 35.5. The zero-order valence-corrected chi connectivity index (χ0v) is 16.6. The van der Waals surface area contributed by atoms with E-state index in [4.69, 9.17) is 11.6 Å². The van der Waals surface area contributed by atoms with E-state index in [1.807, 2.05) is 0 Å². The van der Waals surface area contributed by atoms with Gasteiger partial charge in [-0.3, -0.25) is 25.2 Å². The number of carbonyl (C=O) groups excluding carboxylic acids is 3. The van der Waals surface area contributed by atoms with Crippen molar-refractivity contribution in [2.75, 3.05) is 6.54 Å². The Labute approximate surface area is 169 Å². The minimum atomic E-state index is -0.428. The number of nitrogens with one attached hydrogen (secondary N) is 3. The van der Waals surface area contributed by atoms with Gasteiger partial charge in [0.2, 0.25) is 11.8 Å². The Bertz CT molecular complexity index is 742. The molecule has 0 aliphatic heterocycles. The molecule has 0 aromatic heterocycles. The minimum Gasteiger partial charge on any atom is -0.346 e. The molecule has 3 amide bonds. The predicted molar refractivity (Wildman–Crippen MR) is 105 cm³/mol. The molecule has 4 fully saturated rings. The zero-order chi connectivity index (χ0) is 19.7. The minimum absolute atomic E-state index is 0.00856. The molecule has 0 radical (unpaired) electrons. The lowest BCUT2D eigenvalue weighted by Gasteiger charge is -2.55. The average Bonchev–Trinajstić information content (AvgIpc) is 2.65. The Balaban J connectivity index is 1.21. The molecule has 150 valence electrons. The van der Waals surface area contributed by atoms with Crippen molar-refractivity contribution in [2.24, 2.45) is 23.2 Å². The van der Waals surface area contributed by atoms with Crippen molar-refractivity contribution in [1.82, 2.24) is 16.2 Å². The van der Waals surface area contributed by atoms with Crippen LogP contribution >= 0.6 is 11.6 Å². The van der Waals surface area contributed by atoms with Gasteiger partial charge in [-0.1, -0.05) is 23.7 Å². The van der Waals surface area contributed by atoms with Crippen molar-refractivity contribution >= 4 is 29.3 Å². The molecule has 0 unspecified atom stereocenters. The third-order valence-electron chi connectivity index (χ3n) is 6.55. The zero-order valence-electron chi connectivity index (χ0n) is 15.8. The largest absolute Gasteiger partial charge is 0.346 e. The third kappa shape index (κ3) is 4.17. The molecule has 0 spiro atoms. The molecule has 4 aliphatic carbocycles. The van der Waals surface area contributed by atoms with Crippen LogP contribution in [0.25, 0.3) is 0 Å².